The highest BCUT2D eigenvalue weighted by atomic mass is 32.1. The lowest BCUT2D eigenvalue weighted by Gasteiger charge is -2.06. The van der Waals surface area contributed by atoms with Gasteiger partial charge in [-0.3, -0.25) is 4.79 Å². The Kier molecular flexibility index (Phi) is 6.65. The minimum atomic E-state index is -0.144. The average Bonchev–Trinajstić information content (AvgIpc) is 2.98. The summed E-state index contributed by atoms with van der Waals surface area (Å²) in [5, 5.41) is 0. The Balaban J connectivity index is 1.97. The van der Waals surface area contributed by atoms with Gasteiger partial charge in [-0.05, 0) is 50.1 Å². The van der Waals surface area contributed by atoms with Crippen LogP contribution in [0, 0.1) is 13.8 Å². The summed E-state index contributed by atoms with van der Waals surface area (Å²) in [6.07, 6.45) is 0.300. The first-order valence-electron chi connectivity index (χ1n) is 9.40. The lowest BCUT2D eigenvalue weighted by molar-refractivity contribution is -0.117. The van der Waals surface area contributed by atoms with Crippen LogP contribution in [0.25, 0.3) is 10.2 Å². The summed E-state index contributed by atoms with van der Waals surface area (Å²) in [6.45, 7) is 7.85. The average molecular weight is 399 g/mol. The van der Waals surface area contributed by atoms with E-state index in [9.17, 15) is 4.79 Å². The minimum absolute atomic E-state index is 0.144. The molecule has 0 unspecified atom stereocenters. The van der Waals surface area contributed by atoms with Gasteiger partial charge in [0.05, 0.1) is 29.9 Å². The second-order valence-corrected chi connectivity index (χ2v) is 7.71. The highest BCUT2D eigenvalue weighted by molar-refractivity contribution is 7.16. The Labute approximate surface area is 169 Å². The number of thiazole rings is 1. The van der Waals surface area contributed by atoms with E-state index in [-0.39, 0.29) is 5.91 Å². The fraction of sp³-hybridized carbons (Fsp3) is 0.364. The largest absolute Gasteiger partial charge is 0.494 e. The molecular formula is C22H26N2O3S. The highest BCUT2D eigenvalue weighted by Gasteiger charge is 2.10. The smallest absolute Gasteiger partial charge is 0.252 e. The van der Waals surface area contributed by atoms with Gasteiger partial charge in [0.1, 0.15) is 5.75 Å². The van der Waals surface area contributed by atoms with Crippen LogP contribution in [0.3, 0.4) is 0 Å². The number of fused-ring (bicyclic) bond motifs is 1. The van der Waals surface area contributed by atoms with E-state index in [1.54, 1.807) is 7.11 Å². The van der Waals surface area contributed by atoms with E-state index in [4.69, 9.17) is 9.47 Å². The van der Waals surface area contributed by atoms with E-state index in [0.29, 0.717) is 31.0 Å². The number of benzene rings is 2. The van der Waals surface area contributed by atoms with Crippen LogP contribution in [-0.2, 0) is 22.5 Å². The molecule has 3 aromatic rings. The molecule has 28 heavy (non-hydrogen) atoms. The van der Waals surface area contributed by atoms with Crippen LogP contribution in [-0.4, -0.2) is 30.8 Å². The summed E-state index contributed by atoms with van der Waals surface area (Å²) < 4.78 is 13.9. The van der Waals surface area contributed by atoms with Gasteiger partial charge in [0.2, 0.25) is 0 Å². The number of aromatic nitrogens is 1. The molecule has 5 nitrogen and oxygen atoms in total. The van der Waals surface area contributed by atoms with Gasteiger partial charge in [-0.15, -0.1) is 0 Å². The van der Waals surface area contributed by atoms with Gasteiger partial charge >= 0.3 is 0 Å². The Morgan fingerprint density at radius 1 is 1.18 bits per heavy atom. The fourth-order valence-corrected chi connectivity index (χ4v) is 4.25. The van der Waals surface area contributed by atoms with Crippen molar-refractivity contribution >= 4 is 27.5 Å². The van der Waals surface area contributed by atoms with Crippen LogP contribution in [0.1, 0.15) is 23.6 Å². The number of amides is 1. The van der Waals surface area contributed by atoms with Gasteiger partial charge in [-0.1, -0.05) is 35.1 Å². The minimum Gasteiger partial charge on any atom is -0.494 e. The van der Waals surface area contributed by atoms with Crippen molar-refractivity contribution in [2.45, 2.75) is 33.7 Å². The summed E-state index contributed by atoms with van der Waals surface area (Å²) in [4.78, 5) is 17.8. The van der Waals surface area contributed by atoms with Crippen LogP contribution in [0.15, 0.2) is 41.4 Å². The van der Waals surface area contributed by atoms with Crippen LogP contribution in [0.5, 0.6) is 5.75 Å². The van der Waals surface area contributed by atoms with Crippen molar-refractivity contribution in [1.29, 1.82) is 0 Å². The lowest BCUT2D eigenvalue weighted by Crippen LogP contribution is -2.19. The van der Waals surface area contributed by atoms with Gasteiger partial charge in [-0.25, -0.2) is 0 Å². The zero-order valence-corrected chi connectivity index (χ0v) is 17.6. The summed E-state index contributed by atoms with van der Waals surface area (Å²) in [7, 11) is 1.67. The Morgan fingerprint density at radius 2 is 2.00 bits per heavy atom. The molecule has 0 aliphatic carbocycles. The normalized spacial score (nSPS) is 11.9. The molecule has 1 heterocycles. The molecule has 0 saturated carbocycles. The Hall–Kier alpha value is -2.44. The molecule has 0 radical (unpaired) electrons. The molecule has 2 aromatic carbocycles. The molecule has 0 saturated heterocycles. The zero-order valence-electron chi connectivity index (χ0n) is 16.8. The van der Waals surface area contributed by atoms with E-state index >= 15 is 0 Å². The first-order valence-corrected chi connectivity index (χ1v) is 10.2. The summed E-state index contributed by atoms with van der Waals surface area (Å²) in [6, 6.07) is 12.1. The van der Waals surface area contributed by atoms with Crippen LogP contribution in [0.2, 0.25) is 0 Å². The maximum Gasteiger partial charge on any atom is 0.252 e. The van der Waals surface area contributed by atoms with Crippen molar-refractivity contribution in [2.75, 3.05) is 20.3 Å². The molecule has 0 N–H and O–H groups in total. The number of nitrogens with zero attached hydrogens (tertiary/aromatic N) is 2. The topological polar surface area (TPSA) is 52.8 Å². The third-order valence-corrected chi connectivity index (χ3v) is 5.59. The van der Waals surface area contributed by atoms with Crippen molar-refractivity contribution in [3.63, 3.8) is 0 Å². The van der Waals surface area contributed by atoms with Crippen LogP contribution < -0.4 is 9.54 Å². The quantitative estimate of drug-likeness (QED) is 0.604. The molecule has 148 valence electrons. The molecular weight excluding hydrogens is 372 g/mol. The third-order valence-electron chi connectivity index (χ3n) is 4.54. The number of carbonyl (C=O) groups excluding carboxylic acids is 1. The molecule has 3 rings (SSSR count). The summed E-state index contributed by atoms with van der Waals surface area (Å²) >= 11 is 1.50. The lowest BCUT2D eigenvalue weighted by atomic mass is 10.0. The van der Waals surface area contributed by atoms with Crippen molar-refractivity contribution < 1.29 is 14.3 Å². The number of methoxy groups -OCH3 is 1. The Morgan fingerprint density at radius 3 is 2.71 bits per heavy atom. The van der Waals surface area contributed by atoms with Crippen LogP contribution in [0.4, 0.5) is 0 Å². The van der Waals surface area contributed by atoms with Gasteiger partial charge in [-0.2, -0.15) is 4.99 Å². The van der Waals surface area contributed by atoms with Gasteiger partial charge in [0.15, 0.2) is 4.80 Å². The maximum atomic E-state index is 12.7. The van der Waals surface area contributed by atoms with Crippen molar-refractivity contribution in [1.82, 2.24) is 4.57 Å². The number of carbonyl (C=O) groups is 1. The highest BCUT2D eigenvalue weighted by Crippen LogP contribution is 2.23. The molecule has 0 spiro atoms. The molecule has 0 aliphatic heterocycles. The standard InChI is InChI=1S/C22H26N2O3S/c1-5-27-18-8-9-19-20(14-18)28-22(24(19)10-11-26-4)23-21(25)13-17-7-6-15(2)12-16(17)3/h6-9,12,14H,5,10-11,13H2,1-4H3. The number of hydrogen-bond donors (Lipinski definition) is 0. The summed E-state index contributed by atoms with van der Waals surface area (Å²) in [5.74, 6) is 0.679. The predicted molar refractivity (Wildman–Crippen MR) is 113 cm³/mol. The van der Waals surface area contributed by atoms with E-state index in [1.807, 2.05) is 48.7 Å². The van der Waals surface area contributed by atoms with E-state index < -0.39 is 0 Å². The maximum absolute atomic E-state index is 12.7. The van der Waals surface area contributed by atoms with E-state index in [2.05, 4.69) is 18.0 Å². The zero-order chi connectivity index (χ0) is 20.1. The number of hydrogen-bond acceptors (Lipinski definition) is 4. The van der Waals surface area contributed by atoms with E-state index in [0.717, 1.165) is 27.1 Å². The molecule has 1 aromatic heterocycles. The summed E-state index contributed by atoms with van der Waals surface area (Å²) in [5.41, 5.74) is 4.36. The SMILES string of the molecule is CCOc1ccc2c(c1)sc(=NC(=O)Cc1ccc(C)cc1C)n2CCOC. The molecule has 0 atom stereocenters. The van der Waals surface area contributed by atoms with E-state index in [1.165, 1.54) is 16.9 Å². The van der Waals surface area contributed by atoms with Crippen LogP contribution >= 0.6 is 11.3 Å². The third kappa shape index (κ3) is 4.69. The molecule has 0 fully saturated rings. The molecule has 6 heteroatoms. The number of aryl methyl sites for hydroxylation is 2. The van der Waals surface area contributed by atoms with Crippen molar-refractivity contribution in [3.8, 4) is 5.75 Å². The van der Waals surface area contributed by atoms with Crippen molar-refractivity contribution in [2.24, 2.45) is 4.99 Å². The van der Waals surface area contributed by atoms with Crippen molar-refractivity contribution in [3.05, 3.63) is 57.9 Å². The predicted octanol–water partition coefficient (Wildman–Crippen LogP) is 4.03. The van der Waals surface area contributed by atoms with Gasteiger partial charge in [0.25, 0.3) is 5.91 Å². The molecule has 0 aliphatic rings. The second kappa shape index (κ2) is 9.17. The van der Waals surface area contributed by atoms with Gasteiger partial charge < -0.3 is 14.0 Å². The number of rotatable bonds is 7. The monoisotopic (exact) mass is 398 g/mol. The molecule has 0 bridgehead atoms. The number of ether oxygens (including phenoxy) is 2. The molecule has 1 amide bonds. The second-order valence-electron chi connectivity index (χ2n) is 6.70. The van der Waals surface area contributed by atoms with Gasteiger partial charge in [0, 0.05) is 13.7 Å². The first kappa shape index (κ1) is 20.3. The Bertz CT molecular complexity index is 1050. The first-order chi connectivity index (χ1) is 13.5. The fourth-order valence-electron chi connectivity index (χ4n) is 3.15.